The van der Waals surface area contributed by atoms with Crippen LogP contribution in [0.25, 0.3) is 0 Å². The third-order valence-corrected chi connectivity index (χ3v) is 2.95. The van der Waals surface area contributed by atoms with Crippen molar-refractivity contribution in [1.82, 2.24) is 5.32 Å². The SMILES string of the molecule is CC(CO)C(C)NCc1ccccc1OC(F)(F)F. The number of ether oxygens (including phenoxy) is 1. The van der Waals surface area contributed by atoms with E-state index in [0.717, 1.165) is 0 Å². The summed E-state index contributed by atoms with van der Waals surface area (Å²) in [6.45, 7) is 4.00. The van der Waals surface area contributed by atoms with E-state index in [9.17, 15) is 13.2 Å². The lowest BCUT2D eigenvalue weighted by Gasteiger charge is -2.20. The highest BCUT2D eigenvalue weighted by Gasteiger charge is 2.31. The minimum Gasteiger partial charge on any atom is -0.405 e. The van der Waals surface area contributed by atoms with Crippen LogP contribution in [0.4, 0.5) is 13.2 Å². The van der Waals surface area contributed by atoms with Gasteiger partial charge in [0.2, 0.25) is 0 Å². The summed E-state index contributed by atoms with van der Waals surface area (Å²) in [7, 11) is 0. The normalized spacial score (nSPS) is 15.1. The zero-order valence-corrected chi connectivity index (χ0v) is 10.9. The van der Waals surface area contributed by atoms with Crippen molar-refractivity contribution < 1.29 is 23.0 Å². The monoisotopic (exact) mass is 277 g/mol. The average molecular weight is 277 g/mol. The maximum Gasteiger partial charge on any atom is 0.573 e. The van der Waals surface area contributed by atoms with Crippen LogP contribution < -0.4 is 10.1 Å². The molecule has 0 saturated carbocycles. The number of aliphatic hydroxyl groups is 1. The van der Waals surface area contributed by atoms with Gasteiger partial charge in [-0.15, -0.1) is 13.2 Å². The Bertz CT molecular complexity index is 396. The van der Waals surface area contributed by atoms with Gasteiger partial charge in [0.1, 0.15) is 5.75 Å². The van der Waals surface area contributed by atoms with Crippen LogP contribution in [0.15, 0.2) is 24.3 Å². The van der Waals surface area contributed by atoms with Crippen molar-refractivity contribution in [2.45, 2.75) is 32.8 Å². The molecule has 3 nitrogen and oxygen atoms in total. The first-order valence-corrected chi connectivity index (χ1v) is 6.01. The molecule has 1 aromatic rings. The molecule has 19 heavy (non-hydrogen) atoms. The second-order valence-electron chi connectivity index (χ2n) is 4.48. The van der Waals surface area contributed by atoms with E-state index >= 15 is 0 Å². The maximum absolute atomic E-state index is 12.2. The lowest BCUT2D eigenvalue weighted by atomic mass is 10.0. The van der Waals surface area contributed by atoms with Crippen LogP contribution >= 0.6 is 0 Å². The number of aliphatic hydroxyl groups excluding tert-OH is 1. The largest absolute Gasteiger partial charge is 0.573 e. The van der Waals surface area contributed by atoms with Crippen molar-refractivity contribution in [2.75, 3.05) is 6.61 Å². The quantitative estimate of drug-likeness (QED) is 0.840. The molecule has 0 amide bonds. The standard InChI is InChI=1S/C13H18F3NO2/c1-9(8-18)10(2)17-7-11-5-3-4-6-12(11)19-13(14,15)16/h3-6,9-10,17-18H,7-8H2,1-2H3. The smallest absolute Gasteiger partial charge is 0.405 e. The molecular formula is C13H18F3NO2. The molecule has 0 aliphatic rings. The Morgan fingerprint density at radius 3 is 2.47 bits per heavy atom. The maximum atomic E-state index is 12.2. The van der Waals surface area contributed by atoms with E-state index in [-0.39, 0.29) is 30.9 Å². The van der Waals surface area contributed by atoms with Crippen LogP contribution in [0.2, 0.25) is 0 Å². The molecule has 0 bridgehead atoms. The molecule has 0 saturated heterocycles. The van der Waals surface area contributed by atoms with Gasteiger partial charge in [-0.05, 0) is 18.9 Å². The Hall–Kier alpha value is -1.27. The number of alkyl halides is 3. The van der Waals surface area contributed by atoms with E-state index in [0.29, 0.717) is 5.56 Å². The van der Waals surface area contributed by atoms with Crippen molar-refractivity contribution in [3.8, 4) is 5.75 Å². The number of rotatable bonds is 6. The van der Waals surface area contributed by atoms with Crippen molar-refractivity contribution in [2.24, 2.45) is 5.92 Å². The molecule has 108 valence electrons. The van der Waals surface area contributed by atoms with E-state index in [1.807, 2.05) is 13.8 Å². The molecule has 0 spiro atoms. The predicted octanol–water partition coefficient (Wildman–Crippen LogP) is 2.69. The van der Waals surface area contributed by atoms with Crippen molar-refractivity contribution in [1.29, 1.82) is 0 Å². The second-order valence-corrected chi connectivity index (χ2v) is 4.48. The number of hydrogen-bond acceptors (Lipinski definition) is 3. The summed E-state index contributed by atoms with van der Waals surface area (Å²) in [6.07, 6.45) is -4.69. The second kappa shape index (κ2) is 6.77. The minimum absolute atomic E-state index is 0.0102. The van der Waals surface area contributed by atoms with E-state index < -0.39 is 6.36 Å². The number of hydrogen-bond donors (Lipinski definition) is 2. The summed E-state index contributed by atoms with van der Waals surface area (Å²) in [4.78, 5) is 0. The highest BCUT2D eigenvalue weighted by Crippen LogP contribution is 2.26. The first-order chi connectivity index (χ1) is 8.83. The molecule has 0 aliphatic carbocycles. The van der Waals surface area contributed by atoms with Crippen molar-refractivity contribution in [3.63, 3.8) is 0 Å². The van der Waals surface area contributed by atoms with Gasteiger partial charge in [-0.1, -0.05) is 25.1 Å². The number of nitrogens with one attached hydrogen (secondary N) is 1. The van der Waals surface area contributed by atoms with Gasteiger partial charge in [-0.25, -0.2) is 0 Å². The fourth-order valence-corrected chi connectivity index (χ4v) is 1.50. The van der Waals surface area contributed by atoms with Crippen molar-refractivity contribution >= 4 is 0 Å². The molecule has 0 radical (unpaired) electrons. The van der Waals surface area contributed by atoms with E-state index in [1.165, 1.54) is 12.1 Å². The summed E-state index contributed by atoms with van der Waals surface area (Å²) >= 11 is 0. The van der Waals surface area contributed by atoms with E-state index in [1.54, 1.807) is 12.1 Å². The lowest BCUT2D eigenvalue weighted by Crippen LogP contribution is -2.33. The first kappa shape index (κ1) is 15.8. The molecule has 1 rings (SSSR count). The van der Waals surface area contributed by atoms with Gasteiger partial charge in [0.05, 0.1) is 0 Å². The summed E-state index contributed by atoms with van der Waals surface area (Å²) in [5.74, 6) is -0.179. The van der Waals surface area contributed by atoms with Gasteiger partial charge in [-0.2, -0.15) is 0 Å². The fourth-order valence-electron chi connectivity index (χ4n) is 1.50. The Morgan fingerprint density at radius 2 is 1.89 bits per heavy atom. The lowest BCUT2D eigenvalue weighted by molar-refractivity contribution is -0.274. The Balaban J connectivity index is 2.68. The molecular weight excluding hydrogens is 259 g/mol. The number of para-hydroxylation sites is 1. The zero-order chi connectivity index (χ0) is 14.5. The molecule has 0 heterocycles. The van der Waals surface area contributed by atoms with Crippen LogP contribution in [0.3, 0.4) is 0 Å². The molecule has 6 heteroatoms. The molecule has 0 aromatic heterocycles. The van der Waals surface area contributed by atoms with E-state index in [4.69, 9.17) is 5.11 Å². The topological polar surface area (TPSA) is 41.5 Å². The highest BCUT2D eigenvalue weighted by molar-refractivity contribution is 5.33. The fraction of sp³-hybridized carbons (Fsp3) is 0.538. The Labute approximate surface area is 110 Å². The summed E-state index contributed by atoms with van der Waals surface area (Å²) in [5.41, 5.74) is 0.428. The molecule has 0 fully saturated rings. The van der Waals surface area contributed by atoms with Crippen LogP contribution in [-0.2, 0) is 6.54 Å². The summed E-state index contributed by atoms with van der Waals surface area (Å²) in [6, 6.07) is 5.99. The van der Waals surface area contributed by atoms with Crippen LogP contribution in [0, 0.1) is 5.92 Å². The highest BCUT2D eigenvalue weighted by atomic mass is 19.4. The molecule has 2 N–H and O–H groups in total. The predicted molar refractivity (Wildman–Crippen MR) is 65.7 cm³/mol. The third kappa shape index (κ3) is 5.48. The van der Waals surface area contributed by atoms with Crippen LogP contribution in [0.5, 0.6) is 5.75 Å². The van der Waals surface area contributed by atoms with Gasteiger partial charge >= 0.3 is 6.36 Å². The summed E-state index contributed by atoms with van der Waals surface area (Å²) in [5, 5.41) is 12.1. The molecule has 0 aliphatic heterocycles. The number of halogens is 3. The van der Waals surface area contributed by atoms with Crippen molar-refractivity contribution in [3.05, 3.63) is 29.8 Å². The van der Waals surface area contributed by atoms with Gasteiger partial charge in [0.15, 0.2) is 0 Å². The van der Waals surface area contributed by atoms with Gasteiger partial charge in [0.25, 0.3) is 0 Å². The van der Waals surface area contributed by atoms with E-state index in [2.05, 4.69) is 10.1 Å². The zero-order valence-electron chi connectivity index (χ0n) is 10.9. The Morgan fingerprint density at radius 1 is 1.26 bits per heavy atom. The number of benzene rings is 1. The Kier molecular flexibility index (Phi) is 5.62. The van der Waals surface area contributed by atoms with Gasteiger partial charge in [-0.3, -0.25) is 0 Å². The molecule has 2 unspecified atom stereocenters. The van der Waals surface area contributed by atoms with Crippen LogP contribution in [-0.4, -0.2) is 24.1 Å². The third-order valence-electron chi connectivity index (χ3n) is 2.95. The average Bonchev–Trinajstić information content (AvgIpc) is 2.34. The minimum atomic E-state index is -4.69. The van der Waals surface area contributed by atoms with Gasteiger partial charge < -0.3 is 15.2 Å². The summed E-state index contributed by atoms with van der Waals surface area (Å²) < 4.78 is 40.6. The first-order valence-electron chi connectivity index (χ1n) is 6.01. The van der Waals surface area contributed by atoms with Gasteiger partial charge in [0, 0.05) is 24.8 Å². The molecule has 1 aromatic carbocycles. The molecule has 2 atom stereocenters. The van der Waals surface area contributed by atoms with Crippen LogP contribution in [0.1, 0.15) is 19.4 Å².